The van der Waals surface area contributed by atoms with Gasteiger partial charge in [-0.05, 0) is 24.1 Å². The average molecular weight is 230 g/mol. The number of allylic oxidation sites excluding steroid dienone is 1. The fourth-order valence-electron chi connectivity index (χ4n) is 1.75. The van der Waals surface area contributed by atoms with Crippen LogP contribution in [0, 0.1) is 0 Å². The molecule has 0 spiro atoms. The summed E-state index contributed by atoms with van der Waals surface area (Å²) in [6.45, 7) is 0. The zero-order chi connectivity index (χ0) is 12.1. The highest BCUT2D eigenvalue weighted by Crippen LogP contribution is 2.12. The van der Waals surface area contributed by atoms with Gasteiger partial charge in [-0.25, -0.2) is 0 Å². The lowest BCUT2D eigenvalue weighted by molar-refractivity contribution is -0.147. The highest BCUT2D eigenvalue weighted by atomic mass is 16.5. The van der Waals surface area contributed by atoms with Crippen molar-refractivity contribution >= 4 is 11.8 Å². The lowest BCUT2D eigenvalue weighted by Gasteiger charge is -2.16. The Hall–Kier alpha value is -1.90. The van der Waals surface area contributed by atoms with Crippen molar-refractivity contribution in [3.63, 3.8) is 0 Å². The van der Waals surface area contributed by atoms with Crippen LogP contribution in [-0.2, 0) is 20.7 Å². The molecule has 2 rings (SSSR count). The largest absolute Gasteiger partial charge is 0.458 e. The van der Waals surface area contributed by atoms with E-state index in [-0.39, 0.29) is 24.3 Å². The smallest absolute Gasteiger partial charge is 0.310 e. The van der Waals surface area contributed by atoms with Crippen LogP contribution in [0.25, 0.3) is 0 Å². The maximum Gasteiger partial charge on any atom is 0.310 e. The van der Waals surface area contributed by atoms with E-state index >= 15 is 0 Å². The first-order chi connectivity index (χ1) is 8.24. The highest BCUT2D eigenvalue weighted by molar-refractivity contribution is 5.90. The summed E-state index contributed by atoms with van der Waals surface area (Å²) in [6, 6.07) is 9.47. The molecule has 0 unspecified atom stereocenters. The molecule has 0 aromatic heterocycles. The predicted molar refractivity (Wildman–Crippen MR) is 63.4 cm³/mol. The second-order valence-electron chi connectivity index (χ2n) is 4.05. The minimum absolute atomic E-state index is 0.0976. The van der Waals surface area contributed by atoms with Gasteiger partial charge in [-0.15, -0.1) is 0 Å². The predicted octanol–water partition coefficient (Wildman–Crippen LogP) is 2.06. The molecule has 0 fully saturated rings. The van der Waals surface area contributed by atoms with E-state index in [1.54, 1.807) is 6.08 Å². The molecular weight excluding hydrogens is 216 g/mol. The van der Waals surface area contributed by atoms with Crippen molar-refractivity contribution in [2.45, 2.75) is 25.4 Å². The zero-order valence-corrected chi connectivity index (χ0v) is 9.46. The molecule has 3 nitrogen and oxygen atoms in total. The molecule has 17 heavy (non-hydrogen) atoms. The van der Waals surface area contributed by atoms with E-state index in [1.807, 2.05) is 30.3 Å². The molecule has 0 saturated heterocycles. The van der Waals surface area contributed by atoms with Crippen LogP contribution in [0.4, 0.5) is 0 Å². The van der Waals surface area contributed by atoms with Gasteiger partial charge in [-0.2, -0.15) is 0 Å². The lowest BCUT2D eigenvalue weighted by Crippen LogP contribution is -2.21. The minimum atomic E-state index is -0.250. The molecule has 1 aromatic rings. The third-order valence-corrected chi connectivity index (χ3v) is 2.65. The number of esters is 1. The van der Waals surface area contributed by atoms with Crippen LogP contribution in [0.3, 0.4) is 0 Å². The summed E-state index contributed by atoms with van der Waals surface area (Å²) in [5, 5.41) is 0. The normalized spacial score (nSPS) is 19.1. The van der Waals surface area contributed by atoms with Crippen molar-refractivity contribution in [1.29, 1.82) is 0 Å². The molecule has 0 heterocycles. The van der Waals surface area contributed by atoms with Crippen LogP contribution in [-0.4, -0.2) is 17.9 Å². The van der Waals surface area contributed by atoms with E-state index < -0.39 is 0 Å². The molecule has 1 aliphatic rings. The van der Waals surface area contributed by atoms with Crippen molar-refractivity contribution in [3.05, 3.63) is 48.0 Å². The van der Waals surface area contributed by atoms with E-state index in [0.29, 0.717) is 12.8 Å². The molecule has 88 valence electrons. The van der Waals surface area contributed by atoms with Crippen LogP contribution in [0.1, 0.15) is 18.4 Å². The summed E-state index contributed by atoms with van der Waals surface area (Å²) in [5.41, 5.74) is 0.938. The van der Waals surface area contributed by atoms with Crippen molar-refractivity contribution in [2.24, 2.45) is 0 Å². The van der Waals surface area contributed by atoms with Gasteiger partial charge in [0.2, 0.25) is 0 Å². The molecule has 0 amide bonds. The monoisotopic (exact) mass is 230 g/mol. The van der Waals surface area contributed by atoms with E-state index in [2.05, 4.69) is 0 Å². The molecule has 1 aromatic carbocycles. The summed E-state index contributed by atoms with van der Waals surface area (Å²) >= 11 is 0. The summed E-state index contributed by atoms with van der Waals surface area (Å²) in [7, 11) is 0. The van der Waals surface area contributed by atoms with Crippen LogP contribution in [0.15, 0.2) is 42.5 Å². The Morgan fingerprint density at radius 1 is 1.29 bits per heavy atom. The minimum Gasteiger partial charge on any atom is -0.458 e. The maximum absolute atomic E-state index is 11.6. The Kier molecular flexibility index (Phi) is 3.70. The first-order valence-corrected chi connectivity index (χ1v) is 5.68. The van der Waals surface area contributed by atoms with E-state index in [9.17, 15) is 9.59 Å². The topological polar surface area (TPSA) is 43.4 Å². The fraction of sp³-hybridized carbons (Fsp3) is 0.286. The van der Waals surface area contributed by atoms with Crippen LogP contribution < -0.4 is 0 Å². The molecule has 0 N–H and O–H groups in total. The first kappa shape index (κ1) is 11.6. The molecule has 0 saturated carbocycles. The molecule has 0 radical (unpaired) electrons. The zero-order valence-electron chi connectivity index (χ0n) is 9.46. The lowest BCUT2D eigenvalue weighted by atomic mass is 10.0. The van der Waals surface area contributed by atoms with Gasteiger partial charge in [0.05, 0.1) is 6.42 Å². The molecule has 1 atom stereocenters. The maximum atomic E-state index is 11.6. The number of rotatable bonds is 3. The number of hydrogen-bond donors (Lipinski definition) is 0. The highest BCUT2D eigenvalue weighted by Gasteiger charge is 2.16. The van der Waals surface area contributed by atoms with Crippen molar-refractivity contribution in [1.82, 2.24) is 0 Å². The Balaban J connectivity index is 1.86. The van der Waals surface area contributed by atoms with Crippen molar-refractivity contribution in [3.8, 4) is 0 Å². The van der Waals surface area contributed by atoms with Gasteiger partial charge >= 0.3 is 5.97 Å². The van der Waals surface area contributed by atoms with Crippen molar-refractivity contribution in [2.75, 3.05) is 0 Å². The van der Waals surface area contributed by atoms with Gasteiger partial charge in [0.15, 0.2) is 5.78 Å². The van der Waals surface area contributed by atoms with E-state index in [1.165, 1.54) is 6.08 Å². The molecular formula is C14H14O3. The van der Waals surface area contributed by atoms with E-state index in [0.717, 1.165) is 5.56 Å². The van der Waals surface area contributed by atoms with Gasteiger partial charge in [-0.3, -0.25) is 9.59 Å². The Bertz CT molecular complexity index is 434. The van der Waals surface area contributed by atoms with Crippen molar-refractivity contribution < 1.29 is 14.3 Å². The summed E-state index contributed by atoms with van der Waals surface area (Å²) in [4.78, 5) is 22.6. The second kappa shape index (κ2) is 5.43. The summed E-state index contributed by atoms with van der Waals surface area (Å²) in [6.07, 6.45) is 4.23. The Morgan fingerprint density at radius 3 is 2.71 bits per heavy atom. The third-order valence-electron chi connectivity index (χ3n) is 2.65. The summed E-state index contributed by atoms with van der Waals surface area (Å²) in [5.74, 6) is -0.152. The van der Waals surface area contributed by atoms with Gasteiger partial charge in [0, 0.05) is 6.42 Å². The quantitative estimate of drug-likeness (QED) is 0.746. The van der Waals surface area contributed by atoms with Crippen LogP contribution in [0.5, 0.6) is 0 Å². The Morgan fingerprint density at radius 2 is 2.06 bits per heavy atom. The number of carbonyl (C=O) groups excluding carboxylic acids is 2. The second-order valence-corrected chi connectivity index (χ2v) is 4.05. The van der Waals surface area contributed by atoms with Crippen LogP contribution >= 0.6 is 0 Å². The van der Waals surface area contributed by atoms with Gasteiger partial charge in [0.25, 0.3) is 0 Å². The molecule has 1 aliphatic carbocycles. The first-order valence-electron chi connectivity index (χ1n) is 5.68. The Labute approximate surface area is 100 Å². The molecule has 3 heteroatoms. The summed E-state index contributed by atoms with van der Waals surface area (Å²) < 4.78 is 5.27. The number of carbonyl (C=O) groups is 2. The van der Waals surface area contributed by atoms with Gasteiger partial charge in [-0.1, -0.05) is 30.3 Å². The SMILES string of the molecule is O=C1C=C[C@H](OC(=O)Cc2ccccc2)CC1. The van der Waals surface area contributed by atoms with Crippen LogP contribution in [0.2, 0.25) is 0 Å². The molecule has 0 aliphatic heterocycles. The average Bonchev–Trinajstić information content (AvgIpc) is 2.33. The van der Waals surface area contributed by atoms with Gasteiger partial charge in [0.1, 0.15) is 6.10 Å². The number of ketones is 1. The molecule has 0 bridgehead atoms. The van der Waals surface area contributed by atoms with Gasteiger partial charge < -0.3 is 4.74 Å². The third kappa shape index (κ3) is 3.55. The number of hydrogen-bond acceptors (Lipinski definition) is 3. The van der Waals surface area contributed by atoms with E-state index in [4.69, 9.17) is 4.74 Å². The fourth-order valence-corrected chi connectivity index (χ4v) is 1.75. The standard InChI is InChI=1S/C14H14O3/c15-12-6-8-13(9-7-12)17-14(16)10-11-4-2-1-3-5-11/h1-6,8,13H,7,9-10H2/t13-/m0/s1. The number of ether oxygens (including phenoxy) is 1. The number of benzene rings is 1.